The second kappa shape index (κ2) is 6.18. The van der Waals surface area contributed by atoms with Gasteiger partial charge in [-0.2, -0.15) is 0 Å². The van der Waals surface area contributed by atoms with Crippen LogP contribution in [-0.4, -0.2) is 24.5 Å². The summed E-state index contributed by atoms with van der Waals surface area (Å²) >= 11 is 3.77. The van der Waals surface area contributed by atoms with Crippen molar-refractivity contribution in [1.82, 2.24) is 10.2 Å². The topological polar surface area (TPSA) is 15.3 Å². The van der Waals surface area contributed by atoms with Crippen LogP contribution in [0.2, 0.25) is 0 Å². The summed E-state index contributed by atoms with van der Waals surface area (Å²) in [5, 5.41) is 7.97. The van der Waals surface area contributed by atoms with E-state index in [1.807, 2.05) is 22.7 Å². The highest BCUT2D eigenvalue weighted by atomic mass is 32.1. The van der Waals surface area contributed by atoms with E-state index >= 15 is 0 Å². The van der Waals surface area contributed by atoms with Crippen molar-refractivity contribution < 1.29 is 0 Å². The second-order valence-electron chi connectivity index (χ2n) is 5.10. The molecule has 0 saturated heterocycles. The van der Waals surface area contributed by atoms with Gasteiger partial charge in [-0.05, 0) is 47.4 Å². The van der Waals surface area contributed by atoms with Crippen LogP contribution < -0.4 is 5.32 Å². The van der Waals surface area contributed by atoms with Gasteiger partial charge in [0, 0.05) is 42.5 Å². The van der Waals surface area contributed by atoms with Gasteiger partial charge in [0.15, 0.2) is 0 Å². The number of nitrogens with one attached hydrogen (secondary N) is 1. The van der Waals surface area contributed by atoms with Crippen molar-refractivity contribution in [2.45, 2.75) is 26.4 Å². The van der Waals surface area contributed by atoms with E-state index in [2.05, 4.69) is 40.0 Å². The predicted molar refractivity (Wildman–Crippen MR) is 84.1 cm³/mol. The Bertz CT molecular complexity index is 530. The van der Waals surface area contributed by atoms with Gasteiger partial charge >= 0.3 is 0 Å². The van der Waals surface area contributed by atoms with Gasteiger partial charge in [-0.25, -0.2) is 0 Å². The lowest BCUT2D eigenvalue weighted by Crippen LogP contribution is -2.35. The van der Waals surface area contributed by atoms with Crippen LogP contribution in [0.3, 0.4) is 0 Å². The number of hydrogen-bond acceptors (Lipinski definition) is 4. The summed E-state index contributed by atoms with van der Waals surface area (Å²) in [4.78, 5) is 5.63. The highest BCUT2D eigenvalue weighted by Gasteiger charge is 2.16. The molecule has 2 aromatic rings. The number of fused-ring (bicyclic) bond motifs is 1. The fourth-order valence-corrected chi connectivity index (χ4v) is 4.29. The minimum atomic E-state index is 1.01. The van der Waals surface area contributed by atoms with E-state index in [1.165, 1.54) is 23.4 Å². The average molecular weight is 292 g/mol. The standard InChI is InChI=1S/C15H20N2S2/c1-12-3-8-19-15(12)10-16-5-7-17-6-2-14-13(11-17)4-9-18-14/h3-4,8-9,16H,2,5-7,10-11H2,1H3. The maximum atomic E-state index is 3.57. The first-order valence-corrected chi connectivity index (χ1v) is 8.60. The molecular formula is C15H20N2S2. The summed E-state index contributed by atoms with van der Waals surface area (Å²) in [7, 11) is 0. The smallest absolute Gasteiger partial charge is 0.0302 e. The lowest BCUT2D eigenvalue weighted by molar-refractivity contribution is 0.256. The predicted octanol–water partition coefficient (Wildman–Crippen LogP) is 3.27. The molecule has 0 aliphatic carbocycles. The number of hydrogen-bond donors (Lipinski definition) is 1. The quantitative estimate of drug-likeness (QED) is 0.851. The number of thiophene rings is 2. The molecule has 3 rings (SSSR count). The van der Waals surface area contributed by atoms with Crippen LogP contribution in [0.4, 0.5) is 0 Å². The van der Waals surface area contributed by atoms with Crippen LogP contribution in [0.25, 0.3) is 0 Å². The molecule has 0 radical (unpaired) electrons. The molecule has 0 saturated carbocycles. The summed E-state index contributed by atoms with van der Waals surface area (Å²) in [5.74, 6) is 0. The van der Waals surface area contributed by atoms with Crippen molar-refractivity contribution in [3.63, 3.8) is 0 Å². The fourth-order valence-electron chi connectivity index (χ4n) is 2.52. The summed E-state index contributed by atoms with van der Waals surface area (Å²) < 4.78 is 0. The Labute approximate surface area is 123 Å². The van der Waals surface area contributed by atoms with Gasteiger partial charge in [-0.1, -0.05) is 0 Å². The molecule has 0 unspecified atom stereocenters. The molecule has 1 aliphatic heterocycles. The minimum absolute atomic E-state index is 1.01. The SMILES string of the molecule is Cc1ccsc1CNCCN1CCc2sccc2C1. The normalized spacial score (nSPS) is 15.6. The van der Waals surface area contributed by atoms with Crippen molar-refractivity contribution >= 4 is 22.7 Å². The van der Waals surface area contributed by atoms with Gasteiger partial charge in [-0.3, -0.25) is 4.90 Å². The first-order chi connectivity index (χ1) is 9.33. The Morgan fingerprint density at radius 2 is 2.16 bits per heavy atom. The Kier molecular flexibility index (Phi) is 4.33. The van der Waals surface area contributed by atoms with E-state index in [0.717, 1.165) is 26.2 Å². The zero-order valence-electron chi connectivity index (χ0n) is 11.3. The Morgan fingerprint density at radius 3 is 3.00 bits per heavy atom. The Balaban J connectivity index is 1.41. The zero-order valence-corrected chi connectivity index (χ0v) is 12.9. The van der Waals surface area contributed by atoms with E-state index in [0.29, 0.717) is 0 Å². The largest absolute Gasteiger partial charge is 0.311 e. The van der Waals surface area contributed by atoms with Gasteiger partial charge in [-0.15, -0.1) is 22.7 Å². The van der Waals surface area contributed by atoms with Crippen molar-refractivity contribution in [2.24, 2.45) is 0 Å². The van der Waals surface area contributed by atoms with Crippen molar-refractivity contribution in [3.8, 4) is 0 Å². The van der Waals surface area contributed by atoms with Crippen molar-refractivity contribution in [3.05, 3.63) is 43.8 Å². The molecule has 0 spiro atoms. The average Bonchev–Trinajstić information content (AvgIpc) is 3.03. The van der Waals surface area contributed by atoms with Crippen LogP contribution in [0.1, 0.15) is 20.9 Å². The van der Waals surface area contributed by atoms with Crippen LogP contribution in [0.15, 0.2) is 22.9 Å². The van der Waals surface area contributed by atoms with Crippen LogP contribution in [0.5, 0.6) is 0 Å². The summed E-state index contributed by atoms with van der Waals surface area (Å²) in [6.07, 6.45) is 1.23. The first-order valence-electron chi connectivity index (χ1n) is 6.84. The van der Waals surface area contributed by atoms with Gasteiger partial charge < -0.3 is 5.32 Å². The molecule has 4 heteroatoms. The molecule has 19 heavy (non-hydrogen) atoms. The third-order valence-corrected chi connectivity index (χ3v) is 5.79. The van der Waals surface area contributed by atoms with E-state index in [1.54, 1.807) is 10.4 Å². The molecule has 3 heterocycles. The van der Waals surface area contributed by atoms with E-state index < -0.39 is 0 Å². The van der Waals surface area contributed by atoms with Crippen LogP contribution in [0, 0.1) is 6.92 Å². The van der Waals surface area contributed by atoms with Crippen LogP contribution >= 0.6 is 22.7 Å². The van der Waals surface area contributed by atoms with Crippen LogP contribution in [-0.2, 0) is 19.5 Å². The van der Waals surface area contributed by atoms with Gasteiger partial charge in [0.25, 0.3) is 0 Å². The highest BCUT2D eigenvalue weighted by molar-refractivity contribution is 7.10. The molecule has 102 valence electrons. The lowest BCUT2D eigenvalue weighted by Gasteiger charge is -2.26. The molecular weight excluding hydrogens is 272 g/mol. The molecule has 1 N–H and O–H groups in total. The monoisotopic (exact) mass is 292 g/mol. The zero-order chi connectivity index (χ0) is 13.1. The Hall–Kier alpha value is -0.680. The molecule has 2 aromatic heterocycles. The van der Waals surface area contributed by atoms with E-state index in [4.69, 9.17) is 0 Å². The molecule has 0 bridgehead atoms. The lowest BCUT2D eigenvalue weighted by atomic mass is 10.1. The Morgan fingerprint density at radius 1 is 1.26 bits per heavy atom. The van der Waals surface area contributed by atoms with E-state index in [9.17, 15) is 0 Å². The molecule has 0 aromatic carbocycles. The van der Waals surface area contributed by atoms with Crippen molar-refractivity contribution in [1.29, 1.82) is 0 Å². The third kappa shape index (κ3) is 3.26. The summed E-state index contributed by atoms with van der Waals surface area (Å²) in [5.41, 5.74) is 2.96. The fraction of sp³-hybridized carbons (Fsp3) is 0.467. The summed E-state index contributed by atoms with van der Waals surface area (Å²) in [6.45, 7) is 7.79. The van der Waals surface area contributed by atoms with E-state index in [-0.39, 0.29) is 0 Å². The summed E-state index contributed by atoms with van der Waals surface area (Å²) in [6, 6.07) is 4.49. The molecule has 0 fully saturated rings. The third-order valence-electron chi connectivity index (χ3n) is 3.75. The molecule has 0 atom stereocenters. The maximum Gasteiger partial charge on any atom is 0.0302 e. The molecule has 2 nitrogen and oxygen atoms in total. The number of nitrogens with zero attached hydrogens (tertiary/aromatic N) is 1. The first kappa shape index (κ1) is 13.3. The molecule has 1 aliphatic rings. The van der Waals surface area contributed by atoms with Gasteiger partial charge in [0.2, 0.25) is 0 Å². The molecule has 0 amide bonds. The van der Waals surface area contributed by atoms with Gasteiger partial charge in [0.05, 0.1) is 0 Å². The minimum Gasteiger partial charge on any atom is -0.311 e. The number of rotatable bonds is 5. The van der Waals surface area contributed by atoms with Crippen molar-refractivity contribution in [2.75, 3.05) is 19.6 Å². The maximum absolute atomic E-state index is 3.57. The number of aryl methyl sites for hydroxylation is 1. The van der Waals surface area contributed by atoms with Gasteiger partial charge in [0.1, 0.15) is 0 Å². The second-order valence-corrected chi connectivity index (χ2v) is 7.10. The highest BCUT2D eigenvalue weighted by Crippen LogP contribution is 2.23.